The molecule has 2 saturated heterocycles. The number of ether oxygens (including phenoxy) is 1. The molecule has 0 radical (unpaired) electrons. The lowest BCUT2D eigenvalue weighted by Crippen LogP contribution is -2.54. The van der Waals surface area contributed by atoms with Crippen molar-refractivity contribution in [1.82, 2.24) is 9.80 Å². The van der Waals surface area contributed by atoms with E-state index in [1.165, 1.54) is 11.8 Å². The van der Waals surface area contributed by atoms with Gasteiger partial charge in [0.2, 0.25) is 11.8 Å². The normalized spacial score (nSPS) is 31.6. The number of allylic oxidation sites excluding steroid dienone is 1. The molecule has 1 unspecified atom stereocenters. The van der Waals surface area contributed by atoms with Crippen LogP contribution < -0.4 is 0 Å². The zero-order valence-electron chi connectivity index (χ0n) is 22.3. The van der Waals surface area contributed by atoms with Crippen molar-refractivity contribution in [2.45, 2.75) is 47.9 Å². The number of aliphatic hydroxyl groups excluding tert-OH is 1. The van der Waals surface area contributed by atoms with Crippen LogP contribution in [0.3, 0.4) is 0 Å². The largest absolute Gasteiger partial charge is 0.465 e. The average molecular weight is 559 g/mol. The second-order valence-corrected chi connectivity index (χ2v) is 12.4. The molecule has 208 valence electrons. The van der Waals surface area contributed by atoms with Crippen LogP contribution in [0.1, 0.15) is 36.4 Å². The van der Waals surface area contributed by atoms with Crippen molar-refractivity contribution in [3.8, 4) is 0 Å². The Bertz CT molecular complexity index is 1320. The Labute approximate surface area is 238 Å². The van der Waals surface area contributed by atoms with E-state index in [9.17, 15) is 19.5 Å². The minimum absolute atomic E-state index is 0.173. The first-order valence-electron chi connectivity index (χ1n) is 14.0. The first-order valence-corrected chi connectivity index (χ1v) is 14.9. The molecule has 0 saturated carbocycles. The van der Waals surface area contributed by atoms with Crippen LogP contribution in [-0.4, -0.2) is 68.5 Å². The molecule has 1 spiro atoms. The molecule has 2 fully saturated rings. The molecule has 4 heterocycles. The number of likely N-dealkylation sites (tertiary alicyclic amines) is 1. The fourth-order valence-corrected chi connectivity index (χ4v) is 8.70. The summed E-state index contributed by atoms with van der Waals surface area (Å²) in [7, 11) is 0. The maximum atomic E-state index is 14.6. The maximum absolute atomic E-state index is 14.6. The van der Waals surface area contributed by atoms with Crippen LogP contribution in [0, 0.1) is 11.8 Å². The number of hydrogen-bond acceptors (Lipinski definition) is 6. The second-order valence-electron chi connectivity index (χ2n) is 10.9. The SMILES string of the molecule is O=C1OCCCC/C=C\[C@@H]2S[C@]34C=CCN(Cc5ccccc5)C(=O)C3N([C@H](CO)c3ccccc3)C(=O)[C@@H]4[C@H]12. The first-order chi connectivity index (χ1) is 19.5. The number of rotatable bonds is 5. The van der Waals surface area contributed by atoms with E-state index < -0.39 is 28.7 Å². The van der Waals surface area contributed by atoms with Crippen molar-refractivity contribution in [2.24, 2.45) is 11.8 Å². The van der Waals surface area contributed by atoms with Crippen LogP contribution in [0.15, 0.2) is 85.0 Å². The summed E-state index contributed by atoms with van der Waals surface area (Å²) in [5, 5.41) is 10.4. The van der Waals surface area contributed by atoms with E-state index in [0.717, 1.165) is 30.4 Å². The van der Waals surface area contributed by atoms with Gasteiger partial charge in [-0.25, -0.2) is 0 Å². The molecule has 0 aromatic heterocycles. The summed E-state index contributed by atoms with van der Waals surface area (Å²) in [6.45, 7) is 0.780. The molecule has 40 heavy (non-hydrogen) atoms. The highest BCUT2D eigenvalue weighted by molar-refractivity contribution is 8.02. The van der Waals surface area contributed by atoms with E-state index in [1.807, 2.05) is 78.9 Å². The first kappa shape index (κ1) is 26.8. The summed E-state index contributed by atoms with van der Waals surface area (Å²) in [6, 6.07) is 17.5. The fraction of sp³-hybridized carbons (Fsp3) is 0.406. The zero-order chi connectivity index (χ0) is 27.7. The van der Waals surface area contributed by atoms with Gasteiger partial charge in [-0.2, -0.15) is 0 Å². The zero-order valence-corrected chi connectivity index (χ0v) is 23.1. The van der Waals surface area contributed by atoms with Crippen molar-refractivity contribution in [1.29, 1.82) is 0 Å². The van der Waals surface area contributed by atoms with E-state index in [1.54, 1.807) is 9.80 Å². The topological polar surface area (TPSA) is 87.2 Å². The van der Waals surface area contributed by atoms with Gasteiger partial charge in [0.1, 0.15) is 6.04 Å². The number of amides is 2. The summed E-state index contributed by atoms with van der Waals surface area (Å²) in [5.41, 5.74) is 1.74. The van der Waals surface area contributed by atoms with Gasteiger partial charge in [-0.15, -0.1) is 11.8 Å². The number of thioether (sulfide) groups is 1. The Morgan fingerprint density at radius 1 is 0.975 bits per heavy atom. The van der Waals surface area contributed by atoms with Crippen LogP contribution >= 0.6 is 11.8 Å². The third-order valence-electron chi connectivity index (χ3n) is 8.53. The fourth-order valence-electron chi connectivity index (χ4n) is 6.71. The Hall–Kier alpha value is -3.36. The predicted octanol–water partition coefficient (Wildman–Crippen LogP) is 3.90. The van der Waals surface area contributed by atoms with Crippen molar-refractivity contribution in [3.63, 3.8) is 0 Å². The summed E-state index contributed by atoms with van der Waals surface area (Å²) >= 11 is 1.53. The lowest BCUT2D eigenvalue weighted by Gasteiger charge is -2.38. The van der Waals surface area contributed by atoms with Gasteiger partial charge in [0.15, 0.2) is 0 Å². The van der Waals surface area contributed by atoms with Crippen LogP contribution in [0.2, 0.25) is 0 Å². The second kappa shape index (κ2) is 11.3. The average Bonchev–Trinajstić information content (AvgIpc) is 3.37. The Morgan fingerprint density at radius 2 is 1.73 bits per heavy atom. The summed E-state index contributed by atoms with van der Waals surface area (Å²) in [5.74, 6) is -2.33. The van der Waals surface area contributed by atoms with E-state index in [4.69, 9.17) is 4.74 Å². The minimum atomic E-state index is -0.964. The standard InChI is InChI=1S/C32H34N2O5S/c35-21-24(23-14-7-4-8-15-23)34-28-30(37)33(20-22-12-5-3-6-13-22)18-11-17-32(28)27(29(34)36)26-25(40-32)16-9-1-2-10-19-39-31(26)38/h3-9,11-17,24-28,35H,1-2,10,18-21H2/b16-9-/t24-,25+,26-,27+,28?,32+/m1/s1. The smallest absolute Gasteiger partial charge is 0.311 e. The molecule has 6 atom stereocenters. The monoisotopic (exact) mass is 558 g/mol. The van der Waals surface area contributed by atoms with Crippen LogP contribution in [0.25, 0.3) is 0 Å². The molecule has 4 aliphatic rings. The molecular weight excluding hydrogens is 524 g/mol. The number of aliphatic hydroxyl groups is 1. The van der Waals surface area contributed by atoms with Gasteiger partial charge >= 0.3 is 5.97 Å². The van der Waals surface area contributed by atoms with Crippen LogP contribution in [0.4, 0.5) is 0 Å². The summed E-state index contributed by atoms with van der Waals surface area (Å²) in [4.78, 5) is 46.0. The Balaban J connectivity index is 1.47. The molecule has 2 aromatic carbocycles. The number of esters is 1. The number of cyclic esters (lactones) is 1. The van der Waals surface area contributed by atoms with Gasteiger partial charge in [0.05, 0.1) is 35.8 Å². The molecule has 7 nitrogen and oxygen atoms in total. The lowest BCUT2D eigenvalue weighted by molar-refractivity contribution is -0.153. The highest BCUT2D eigenvalue weighted by Crippen LogP contribution is 2.61. The molecule has 4 aliphatic heterocycles. The van der Waals surface area contributed by atoms with Gasteiger partial charge < -0.3 is 19.6 Å². The van der Waals surface area contributed by atoms with Gasteiger partial charge in [0, 0.05) is 18.3 Å². The highest BCUT2D eigenvalue weighted by atomic mass is 32.2. The number of hydrogen-bond donors (Lipinski definition) is 1. The summed E-state index contributed by atoms with van der Waals surface area (Å²) in [6.07, 6.45) is 10.7. The third kappa shape index (κ3) is 4.57. The summed E-state index contributed by atoms with van der Waals surface area (Å²) < 4.78 is 4.74. The van der Waals surface area contributed by atoms with Gasteiger partial charge in [0.25, 0.3) is 0 Å². The van der Waals surface area contributed by atoms with E-state index in [-0.39, 0.29) is 29.6 Å². The Kier molecular flexibility index (Phi) is 7.55. The van der Waals surface area contributed by atoms with Gasteiger partial charge in [-0.1, -0.05) is 85.0 Å². The van der Waals surface area contributed by atoms with E-state index in [0.29, 0.717) is 19.7 Å². The molecule has 6 rings (SSSR count). The molecule has 0 aliphatic carbocycles. The van der Waals surface area contributed by atoms with E-state index >= 15 is 0 Å². The molecule has 2 amide bonds. The van der Waals surface area contributed by atoms with Crippen molar-refractivity contribution in [3.05, 3.63) is 96.1 Å². The van der Waals surface area contributed by atoms with Gasteiger partial charge in [-0.05, 0) is 30.4 Å². The third-order valence-corrected chi connectivity index (χ3v) is 10.3. The number of carbonyl (C=O) groups is 3. The molecular formula is C32H34N2O5S. The maximum Gasteiger partial charge on any atom is 0.311 e. The predicted molar refractivity (Wildman–Crippen MR) is 153 cm³/mol. The Morgan fingerprint density at radius 3 is 2.48 bits per heavy atom. The van der Waals surface area contributed by atoms with Crippen molar-refractivity contribution < 1.29 is 24.2 Å². The molecule has 2 aromatic rings. The number of fused-ring (bicyclic) bond motifs is 2. The van der Waals surface area contributed by atoms with Crippen molar-refractivity contribution in [2.75, 3.05) is 19.8 Å². The highest BCUT2D eigenvalue weighted by Gasteiger charge is 2.71. The quantitative estimate of drug-likeness (QED) is 0.443. The molecule has 1 N–H and O–H groups in total. The molecule has 8 heteroatoms. The number of nitrogens with zero attached hydrogens (tertiary/aromatic N) is 2. The number of benzene rings is 2. The van der Waals surface area contributed by atoms with Crippen LogP contribution in [-0.2, 0) is 25.7 Å². The lowest BCUT2D eigenvalue weighted by atomic mass is 9.78. The van der Waals surface area contributed by atoms with Crippen LogP contribution in [0.5, 0.6) is 0 Å². The van der Waals surface area contributed by atoms with E-state index in [2.05, 4.69) is 6.08 Å². The number of carbonyl (C=O) groups excluding carboxylic acids is 3. The van der Waals surface area contributed by atoms with Crippen molar-refractivity contribution >= 4 is 29.5 Å². The minimum Gasteiger partial charge on any atom is -0.465 e. The molecule has 0 bridgehead atoms. The van der Waals surface area contributed by atoms with Gasteiger partial charge in [-0.3, -0.25) is 14.4 Å².